The minimum absolute atomic E-state index is 0.174. The summed E-state index contributed by atoms with van der Waals surface area (Å²) in [6, 6.07) is 0. The van der Waals surface area contributed by atoms with E-state index in [0.717, 1.165) is 38.5 Å². The summed E-state index contributed by atoms with van der Waals surface area (Å²) in [7, 11) is 0. The molecule has 0 fully saturated rings. The number of aliphatic hydroxyl groups is 1. The molecule has 1 atom stereocenters. The Hall–Kier alpha value is -1.87. The van der Waals surface area contributed by atoms with Crippen molar-refractivity contribution in [1.29, 1.82) is 0 Å². The third kappa shape index (κ3) is 14.5. The average Bonchev–Trinajstić information content (AvgIpc) is 2.65. The van der Waals surface area contributed by atoms with Gasteiger partial charge in [-0.3, -0.25) is 4.79 Å². The summed E-state index contributed by atoms with van der Waals surface area (Å²) in [6.07, 6.45) is 25.9. The van der Waals surface area contributed by atoms with Crippen LogP contribution in [0, 0.1) is 0 Å². The highest BCUT2D eigenvalue weighted by molar-refractivity contribution is 5.87. The second-order valence-electron chi connectivity index (χ2n) is 6.41. The lowest BCUT2D eigenvalue weighted by Crippen LogP contribution is -2.42. The SMILES string of the molecule is CCC=CC=CCCC=CC=CC=CC(=O)NCC(O)(CC)CCCC. The van der Waals surface area contributed by atoms with Gasteiger partial charge in [0, 0.05) is 12.6 Å². The minimum Gasteiger partial charge on any atom is -0.388 e. The van der Waals surface area contributed by atoms with Crippen LogP contribution < -0.4 is 5.32 Å². The summed E-state index contributed by atoms with van der Waals surface area (Å²) in [4.78, 5) is 11.8. The third-order valence-corrected chi connectivity index (χ3v) is 4.08. The highest BCUT2D eigenvalue weighted by Crippen LogP contribution is 2.17. The lowest BCUT2D eigenvalue weighted by atomic mass is 9.94. The predicted octanol–water partition coefficient (Wildman–Crippen LogP) is 5.41. The molecule has 0 aliphatic rings. The van der Waals surface area contributed by atoms with Crippen LogP contribution in [-0.4, -0.2) is 23.2 Å². The molecule has 0 rings (SSSR count). The van der Waals surface area contributed by atoms with E-state index in [4.69, 9.17) is 0 Å². The molecule has 0 aromatic heterocycles. The average molecular weight is 360 g/mol. The van der Waals surface area contributed by atoms with Crippen LogP contribution in [0.15, 0.2) is 60.8 Å². The first-order chi connectivity index (χ1) is 12.6. The van der Waals surface area contributed by atoms with Gasteiger partial charge in [-0.15, -0.1) is 0 Å². The molecule has 2 N–H and O–H groups in total. The predicted molar refractivity (Wildman–Crippen MR) is 113 cm³/mol. The Morgan fingerprint density at radius 1 is 0.923 bits per heavy atom. The van der Waals surface area contributed by atoms with E-state index >= 15 is 0 Å². The fourth-order valence-electron chi connectivity index (χ4n) is 2.23. The molecule has 1 unspecified atom stereocenters. The highest BCUT2D eigenvalue weighted by Gasteiger charge is 2.23. The maximum atomic E-state index is 11.8. The van der Waals surface area contributed by atoms with Gasteiger partial charge in [0.05, 0.1) is 5.60 Å². The van der Waals surface area contributed by atoms with Gasteiger partial charge >= 0.3 is 0 Å². The number of carbonyl (C=O) groups is 1. The molecule has 0 aromatic carbocycles. The molecule has 0 spiro atoms. The van der Waals surface area contributed by atoms with Crippen molar-refractivity contribution in [3.63, 3.8) is 0 Å². The molecule has 0 saturated heterocycles. The van der Waals surface area contributed by atoms with Crippen molar-refractivity contribution in [1.82, 2.24) is 5.32 Å². The molecule has 26 heavy (non-hydrogen) atoms. The van der Waals surface area contributed by atoms with Crippen molar-refractivity contribution in [2.75, 3.05) is 6.54 Å². The van der Waals surface area contributed by atoms with Crippen LogP contribution in [0.25, 0.3) is 0 Å². The van der Waals surface area contributed by atoms with Crippen LogP contribution in [0.3, 0.4) is 0 Å². The number of hydrogen-bond acceptors (Lipinski definition) is 2. The summed E-state index contributed by atoms with van der Waals surface area (Å²) < 4.78 is 0. The smallest absolute Gasteiger partial charge is 0.244 e. The molecule has 0 aromatic rings. The third-order valence-electron chi connectivity index (χ3n) is 4.08. The summed E-state index contributed by atoms with van der Waals surface area (Å²) in [5.74, 6) is -0.174. The zero-order valence-corrected chi connectivity index (χ0v) is 16.8. The van der Waals surface area contributed by atoms with Crippen LogP contribution in [0.5, 0.6) is 0 Å². The molecule has 0 aliphatic heterocycles. The molecule has 146 valence electrons. The van der Waals surface area contributed by atoms with E-state index in [-0.39, 0.29) is 5.91 Å². The Labute approximate surface area is 160 Å². The number of rotatable bonds is 14. The molecule has 0 heterocycles. The van der Waals surface area contributed by atoms with Crippen LogP contribution in [0.1, 0.15) is 65.7 Å². The van der Waals surface area contributed by atoms with Gasteiger partial charge in [0.2, 0.25) is 5.91 Å². The second kappa shape index (κ2) is 16.6. The van der Waals surface area contributed by atoms with Crippen molar-refractivity contribution in [3.8, 4) is 0 Å². The van der Waals surface area contributed by atoms with Gasteiger partial charge in [0.25, 0.3) is 0 Å². The van der Waals surface area contributed by atoms with E-state index < -0.39 is 5.60 Å². The summed E-state index contributed by atoms with van der Waals surface area (Å²) >= 11 is 0. The number of nitrogens with one attached hydrogen (secondary N) is 1. The first kappa shape index (κ1) is 24.1. The van der Waals surface area contributed by atoms with Gasteiger partial charge in [-0.2, -0.15) is 0 Å². The number of carbonyl (C=O) groups excluding carboxylic acids is 1. The summed E-state index contributed by atoms with van der Waals surface area (Å²) in [5.41, 5.74) is -0.793. The van der Waals surface area contributed by atoms with E-state index in [1.54, 1.807) is 6.08 Å². The lowest BCUT2D eigenvalue weighted by Gasteiger charge is -2.26. The van der Waals surface area contributed by atoms with E-state index in [1.165, 1.54) is 6.08 Å². The largest absolute Gasteiger partial charge is 0.388 e. The molecule has 3 nitrogen and oxygen atoms in total. The maximum Gasteiger partial charge on any atom is 0.244 e. The van der Waals surface area contributed by atoms with Crippen molar-refractivity contribution < 1.29 is 9.90 Å². The quantitative estimate of drug-likeness (QED) is 0.248. The number of unbranched alkanes of at least 4 members (excludes halogenated alkanes) is 2. The number of amides is 1. The Morgan fingerprint density at radius 3 is 2.15 bits per heavy atom. The number of hydrogen-bond donors (Lipinski definition) is 2. The van der Waals surface area contributed by atoms with Crippen molar-refractivity contribution >= 4 is 5.91 Å². The first-order valence-electron chi connectivity index (χ1n) is 9.89. The zero-order chi connectivity index (χ0) is 19.5. The second-order valence-corrected chi connectivity index (χ2v) is 6.41. The van der Waals surface area contributed by atoms with Crippen LogP contribution >= 0.6 is 0 Å². The van der Waals surface area contributed by atoms with Crippen molar-refractivity contribution in [2.24, 2.45) is 0 Å². The maximum absolute atomic E-state index is 11.8. The van der Waals surface area contributed by atoms with E-state index in [1.807, 2.05) is 25.2 Å². The normalized spacial score (nSPS) is 15.1. The molecule has 0 radical (unpaired) electrons. The van der Waals surface area contributed by atoms with Gasteiger partial charge < -0.3 is 10.4 Å². The van der Waals surface area contributed by atoms with Crippen LogP contribution in [0.2, 0.25) is 0 Å². The van der Waals surface area contributed by atoms with Gasteiger partial charge in [0.1, 0.15) is 0 Å². The van der Waals surface area contributed by atoms with Crippen molar-refractivity contribution in [3.05, 3.63) is 60.8 Å². The monoisotopic (exact) mass is 359 g/mol. The van der Waals surface area contributed by atoms with Gasteiger partial charge in [-0.05, 0) is 32.1 Å². The molecular formula is C23H37NO2. The Kier molecular flexibility index (Phi) is 15.4. The Balaban J connectivity index is 3.99. The van der Waals surface area contributed by atoms with E-state index in [0.29, 0.717) is 13.0 Å². The van der Waals surface area contributed by atoms with Crippen LogP contribution in [0.4, 0.5) is 0 Å². The Bertz CT molecular complexity index is 500. The summed E-state index contributed by atoms with van der Waals surface area (Å²) in [6.45, 7) is 6.47. The van der Waals surface area contributed by atoms with Crippen molar-refractivity contribution in [2.45, 2.75) is 71.3 Å². The standard InChI is InChI=1S/C23H37NO2/c1-4-7-9-10-11-12-13-14-15-16-17-18-19-22(25)24-21-23(26,6-3)20-8-5-2/h7,9-11,14-19,26H,4-6,8,12-13,20-21H2,1-3H3,(H,24,25). The zero-order valence-electron chi connectivity index (χ0n) is 16.8. The molecule has 1 amide bonds. The van der Waals surface area contributed by atoms with Crippen LogP contribution in [-0.2, 0) is 4.79 Å². The topological polar surface area (TPSA) is 49.3 Å². The molecule has 0 bridgehead atoms. The molecular weight excluding hydrogens is 322 g/mol. The van der Waals surface area contributed by atoms with E-state index in [9.17, 15) is 9.90 Å². The molecule has 0 aliphatic carbocycles. The lowest BCUT2D eigenvalue weighted by molar-refractivity contribution is -0.117. The fraction of sp³-hybridized carbons (Fsp3) is 0.522. The molecule has 3 heteroatoms. The number of allylic oxidation sites excluding steroid dienone is 9. The fourth-order valence-corrected chi connectivity index (χ4v) is 2.23. The summed E-state index contributed by atoms with van der Waals surface area (Å²) in [5, 5.41) is 13.2. The van der Waals surface area contributed by atoms with Gasteiger partial charge in [-0.25, -0.2) is 0 Å². The van der Waals surface area contributed by atoms with E-state index in [2.05, 4.69) is 49.5 Å². The highest BCUT2D eigenvalue weighted by atomic mass is 16.3. The Morgan fingerprint density at radius 2 is 1.54 bits per heavy atom. The first-order valence-corrected chi connectivity index (χ1v) is 9.89. The minimum atomic E-state index is -0.793. The van der Waals surface area contributed by atoms with Gasteiger partial charge in [-0.1, -0.05) is 88.3 Å². The van der Waals surface area contributed by atoms with Gasteiger partial charge in [0.15, 0.2) is 0 Å². The molecule has 0 saturated carbocycles.